The molecule has 0 unspecified atom stereocenters. The Labute approximate surface area is 257 Å². The smallest absolute Gasteiger partial charge is 0.255 e. The van der Waals surface area contributed by atoms with Crippen molar-refractivity contribution in [2.45, 2.75) is 50.8 Å². The number of methoxy groups -OCH3 is 1. The Kier molecular flexibility index (Phi) is 7.97. The number of allylic oxidation sites excluding steroid dienone is 1. The highest BCUT2D eigenvalue weighted by Gasteiger charge is 2.25. The zero-order valence-corrected chi connectivity index (χ0v) is 25.4. The number of ether oxygens (including phenoxy) is 1. The summed E-state index contributed by atoms with van der Waals surface area (Å²) in [5.74, 6) is 1.55. The summed E-state index contributed by atoms with van der Waals surface area (Å²) in [6, 6.07) is 8.44. The van der Waals surface area contributed by atoms with Crippen molar-refractivity contribution >= 4 is 28.8 Å². The Morgan fingerprint density at radius 3 is 2.64 bits per heavy atom. The van der Waals surface area contributed by atoms with Crippen LogP contribution in [0, 0.1) is 0 Å². The number of carbonyl (C=O) groups is 1. The first-order chi connectivity index (χ1) is 21.5. The van der Waals surface area contributed by atoms with E-state index in [9.17, 15) is 4.79 Å². The Morgan fingerprint density at radius 2 is 1.86 bits per heavy atom. The van der Waals surface area contributed by atoms with Crippen LogP contribution in [-0.2, 0) is 17.7 Å². The fourth-order valence-electron chi connectivity index (χ4n) is 6.42. The van der Waals surface area contributed by atoms with E-state index in [0.29, 0.717) is 24.2 Å². The van der Waals surface area contributed by atoms with E-state index in [4.69, 9.17) is 14.7 Å². The minimum atomic E-state index is -0.0814. The van der Waals surface area contributed by atoms with Gasteiger partial charge >= 0.3 is 0 Å². The van der Waals surface area contributed by atoms with Crippen LogP contribution < -0.4 is 15.5 Å². The zero-order valence-electron chi connectivity index (χ0n) is 25.4. The summed E-state index contributed by atoms with van der Waals surface area (Å²) in [6.45, 7) is 4.73. The average Bonchev–Trinajstić information content (AvgIpc) is 3.69. The maximum atomic E-state index is 13.2. The molecule has 1 saturated heterocycles. The predicted octanol–water partition coefficient (Wildman–Crippen LogP) is 3.56. The minimum Gasteiger partial charge on any atom is -0.381 e. The van der Waals surface area contributed by atoms with Crippen molar-refractivity contribution in [2.75, 3.05) is 50.6 Å². The largest absolute Gasteiger partial charge is 0.381 e. The van der Waals surface area contributed by atoms with Crippen LogP contribution in [-0.4, -0.2) is 87.9 Å². The lowest BCUT2D eigenvalue weighted by Crippen LogP contribution is -2.44. The molecule has 0 spiro atoms. The number of likely N-dealkylation sites (N-methyl/N-ethyl adjacent to an activating group) is 1. The molecule has 0 aromatic carbocycles. The third kappa shape index (κ3) is 5.89. The lowest BCUT2D eigenvalue weighted by atomic mass is 9.93. The van der Waals surface area contributed by atoms with Gasteiger partial charge < -0.3 is 25.2 Å². The number of amides is 1. The number of pyridine rings is 2. The quantitative estimate of drug-likeness (QED) is 0.317. The molecule has 2 aliphatic carbocycles. The molecule has 0 bridgehead atoms. The summed E-state index contributed by atoms with van der Waals surface area (Å²) < 4.78 is 7.23. The van der Waals surface area contributed by atoms with Crippen LogP contribution in [0.25, 0.3) is 11.1 Å². The summed E-state index contributed by atoms with van der Waals surface area (Å²) in [7, 11) is 3.92. The summed E-state index contributed by atoms with van der Waals surface area (Å²) in [6.07, 6.45) is 14.4. The molecule has 2 fully saturated rings. The Bertz CT molecular complexity index is 1670. The second-order valence-corrected chi connectivity index (χ2v) is 12.0. The van der Waals surface area contributed by atoms with E-state index in [0.717, 1.165) is 97.6 Å². The third-order valence-electron chi connectivity index (χ3n) is 9.16. The number of aromatic nitrogens is 5. The van der Waals surface area contributed by atoms with Crippen molar-refractivity contribution in [1.29, 1.82) is 0 Å². The topological polar surface area (TPSA) is 113 Å². The number of rotatable bonds is 8. The zero-order chi connectivity index (χ0) is 30.0. The number of piperazine rings is 1. The Balaban J connectivity index is 1.00. The Morgan fingerprint density at radius 1 is 1.02 bits per heavy atom. The summed E-state index contributed by atoms with van der Waals surface area (Å²) in [4.78, 5) is 32.0. The van der Waals surface area contributed by atoms with Crippen LogP contribution in [0.4, 0.5) is 11.8 Å². The van der Waals surface area contributed by atoms with E-state index in [2.05, 4.69) is 55.8 Å². The summed E-state index contributed by atoms with van der Waals surface area (Å²) in [5, 5.41) is 11.0. The summed E-state index contributed by atoms with van der Waals surface area (Å²) >= 11 is 0. The fraction of sp³-hybridized carbons (Fsp3) is 0.424. The molecule has 4 aromatic rings. The molecule has 1 amide bonds. The van der Waals surface area contributed by atoms with Gasteiger partial charge in [-0.15, -0.1) is 0 Å². The van der Waals surface area contributed by atoms with E-state index in [1.807, 2.05) is 30.7 Å². The van der Waals surface area contributed by atoms with Gasteiger partial charge in [-0.2, -0.15) is 5.10 Å². The molecule has 0 radical (unpaired) electrons. The molecule has 7 rings (SSSR count). The molecule has 2 N–H and O–H groups in total. The third-order valence-corrected chi connectivity index (χ3v) is 9.16. The van der Waals surface area contributed by atoms with Crippen LogP contribution in [0.1, 0.15) is 58.4 Å². The second kappa shape index (κ2) is 12.3. The molecular formula is C33H39N9O2. The van der Waals surface area contributed by atoms with E-state index >= 15 is 0 Å². The van der Waals surface area contributed by atoms with Crippen LogP contribution >= 0.6 is 0 Å². The standard InChI is InChI=1S/C33H39N9O2/c1-40-13-15-41(16-14-40)31-10-3-22(18-34-31)19-35-33-36-20-27-26(8-9-29(27)39-33)23-11-12-42-30(17-23)28(21-37-42)32(43)38-24-4-6-25(44-2)7-5-24/h3,8,10-12,17-18,20-21,24-25H,4-7,9,13-16,19H2,1-2H3,(H,38,43)(H,35,36,39). The van der Waals surface area contributed by atoms with Crippen molar-refractivity contribution < 1.29 is 9.53 Å². The molecule has 3 aliphatic rings. The van der Waals surface area contributed by atoms with Crippen LogP contribution in [0.15, 0.2) is 55.1 Å². The highest BCUT2D eigenvalue weighted by atomic mass is 16.5. The number of nitrogens with zero attached hydrogens (tertiary/aromatic N) is 7. The molecule has 11 nitrogen and oxygen atoms in total. The number of hydrogen-bond donors (Lipinski definition) is 2. The SMILES string of the molecule is COC1CCC(NC(=O)c2cnn3ccc(C4=CCc5nc(NCc6ccc(N7CCN(C)CC7)nc6)ncc54)cc23)CC1. The number of carbonyl (C=O) groups excluding carboxylic acids is 1. The van der Waals surface area contributed by atoms with E-state index in [1.54, 1.807) is 17.8 Å². The van der Waals surface area contributed by atoms with E-state index in [1.165, 1.54) is 0 Å². The number of anilines is 2. The molecule has 44 heavy (non-hydrogen) atoms. The van der Waals surface area contributed by atoms with Gasteiger partial charge in [0.2, 0.25) is 5.95 Å². The van der Waals surface area contributed by atoms with Gasteiger partial charge in [-0.25, -0.2) is 19.5 Å². The lowest BCUT2D eigenvalue weighted by Gasteiger charge is -2.33. The van der Waals surface area contributed by atoms with E-state index < -0.39 is 0 Å². The van der Waals surface area contributed by atoms with Crippen molar-refractivity contribution in [2.24, 2.45) is 0 Å². The van der Waals surface area contributed by atoms with Gasteiger partial charge in [0.25, 0.3) is 5.91 Å². The molecule has 228 valence electrons. The van der Waals surface area contributed by atoms with Crippen LogP contribution in [0.5, 0.6) is 0 Å². The first-order valence-electron chi connectivity index (χ1n) is 15.5. The molecule has 4 aromatic heterocycles. The summed E-state index contributed by atoms with van der Waals surface area (Å²) in [5.41, 5.74) is 6.54. The molecule has 0 atom stereocenters. The van der Waals surface area contributed by atoms with Gasteiger partial charge in [-0.1, -0.05) is 12.1 Å². The van der Waals surface area contributed by atoms with Gasteiger partial charge in [-0.05, 0) is 67.6 Å². The molecule has 5 heterocycles. The monoisotopic (exact) mass is 593 g/mol. The lowest BCUT2D eigenvalue weighted by molar-refractivity contribution is 0.0599. The first kappa shape index (κ1) is 28.4. The highest BCUT2D eigenvalue weighted by Crippen LogP contribution is 2.33. The number of nitrogens with one attached hydrogen (secondary N) is 2. The molecule has 1 saturated carbocycles. The van der Waals surface area contributed by atoms with Crippen LogP contribution in [0.3, 0.4) is 0 Å². The van der Waals surface area contributed by atoms with E-state index in [-0.39, 0.29) is 11.9 Å². The van der Waals surface area contributed by atoms with Gasteiger partial charge in [0.15, 0.2) is 0 Å². The maximum Gasteiger partial charge on any atom is 0.255 e. The number of hydrogen-bond acceptors (Lipinski definition) is 9. The van der Waals surface area contributed by atoms with Gasteiger partial charge in [0, 0.05) is 76.5 Å². The normalized spacial score (nSPS) is 20.4. The van der Waals surface area contributed by atoms with Gasteiger partial charge in [0.1, 0.15) is 5.82 Å². The van der Waals surface area contributed by atoms with Crippen molar-refractivity contribution in [3.8, 4) is 0 Å². The second-order valence-electron chi connectivity index (χ2n) is 12.0. The molecular weight excluding hydrogens is 554 g/mol. The Hall–Kier alpha value is -4.35. The highest BCUT2D eigenvalue weighted by molar-refractivity contribution is 6.01. The van der Waals surface area contributed by atoms with Gasteiger partial charge in [0.05, 0.1) is 29.1 Å². The fourth-order valence-corrected chi connectivity index (χ4v) is 6.42. The van der Waals surface area contributed by atoms with Crippen LogP contribution in [0.2, 0.25) is 0 Å². The van der Waals surface area contributed by atoms with Gasteiger partial charge in [-0.3, -0.25) is 4.79 Å². The van der Waals surface area contributed by atoms with Crippen molar-refractivity contribution in [3.63, 3.8) is 0 Å². The first-order valence-corrected chi connectivity index (χ1v) is 15.5. The predicted molar refractivity (Wildman–Crippen MR) is 170 cm³/mol. The number of fused-ring (bicyclic) bond motifs is 2. The molecule has 1 aliphatic heterocycles. The molecule has 11 heteroatoms. The minimum absolute atomic E-state index is 0.0814. The van der Waals surface area contributed by atoms with Crippen molar-refractivity contribution in [1.82, 2.24) is 34.8 Å². The van der Waals surface area contributed by atoms with Crippen molar-refractivity contribution in [3.05, 3.63) is 83.1 Å². The average molecular weight is 594 g/mol. The maximum absolute atomic E-state index is 13.2.